The molecule has 1 aromatic heterocycles. The van der Waals surface area contributed by atoms with E-state index in [1.165, 1.54) is 53.2 Å². The maximum atomic E-state index is 2.31. The third-order valence-corrected chi connectivity index (χ3v) is 6.78. The molecule has 0 saturated heterocycles. The quantitative estimate of drug-likeness (QED) is 0.218. The monoisotopic (exact) mass is 412 g/mol. The fourth-order valence-corrected chi connectivity index (χ4v) is 5.08. The summed E-state index contributed by atoms with van der Waals surface area (Å²) in [6, 6.07) is 41.4. The Hall–Kier alpha value is -3.68. The highest BCUT2D eigenvalue weighted by Crippen LogP contribution is 2.30. The van der Waals surface area contributed by atoms with Crippen molar-refractivity contribution in [3.8, 4) is 0 Å². The maximum absolute atomic E-state index is 2.31. The summed E-state index contributed by atoms with van der Waals surface area (Å²) in [5.41, 5.74) is 0. The lowest BCUT2D eigenvalue weighted by atomic mass is 9.97. The molecule has 0 nitrogen and oxygen atoms in total. The predicted molar refractivity (Wildman–Crippen MR) is 138 cm³/mol. The van der Waals surface area contributed by atoms with Crippen molar-refractivity contribution in [3.63, 3.8) is 0 Å². The van der Waals surface area contributed by atoms with Gasteiger partial charge < -0.3 is 0 Å². The average Bonchev–Trinajstić information content (AvgIpc) is 3.29. The van der Waals surface area contributed by atoms with Crippen molar-refractivity contribution in [3.05, 3.63) is 121 Å². The normalized spacial score (nSPS) is 11.2. The minimum absolute atomic E-state index is 1.30. The van der Waals surface area contributed by atoms with Gasteiger partial charge in [-0.25, -0.2) is 0 Å². The fraction of sp³-hybridized carbons (Fsp3) is 0. The molecule has 0 amide bonds. The first-order chi connectivity index (χ1) is 15.3. The molecule has 7 rings (SSSR count). The Morgan fingerprint density at radius 1 is 0.323 bits per heavy atom. The highest BCUT2D eigenvalue weighted by atomic mass is 32.1. The minimum atomic E-state index is 1.30. The van der Waals surface area contributed by atoms with Gasteiger partial charge in [-0.1, -0.05) is 66.7 Å². The Bertz CT molecular complexity index is 1470. The molecule has 0 spiro atoms. The van der Waals surface area contributed by atoms with Crippen LogP contribution in [0.25, 0.3) is 53.2 Å². The molecule has 1 heteroatoms. The summed E-state index contributed by atoms with van der Waals surface area (Å²) in [5, 5.41) is 13.9. The van der Waals surface area contributed by atoms with E-state index < -0.39 is 0 Å². The molecule has 7 aromatic rings. The summed E-state index contributed by atoms with van der Waals surface area (Å²) in [7, 11) is 0. The van der Waals surface area contributed by atoms with Gasteiger partial charge in [-0.3, -0.25) is 0 Å². The van der Waals surface area contributed by atoms with Gasteiger partial charge in [0.15, 0.2) is 0 Å². The van der Waals surface area contributed by atoms with E-state index in [9.17, 15) is 0 Å². The number of hydrogen-bond donors (Lipinski definition) is 0. The predicted octanol–water partition coefficient (Wildman–Crippen LogP) is 9.20. The van der Waals surface area contributed by atoms with Gasteiger partial charge in [0.2, 0.25) is 0 Å². The molecule has 0 atom stereocenters. The molecule has 0 unspecified atom stereocenters. The van der Waals surface area contributed by atoms with Crippen LogP contribution in [0.2, 0.25) is 0 Å². The van der Waals surface area contributed by atoms with Crippen LogP contribution in [-0.2, 0) is 0 Å². The van der Waals surface area contributed by atoms with Crippen LogP contribution in [0, 0.1) is 0 Å². The molecule has 0 aliphatic heterocycles. The molecule has 0 aliphatic carbocycles. The highest BCUT2D eigenvalue weighted by Gasteiger charge is 2.02. The van der Waals surface area contributed by atoms with E-state index in [-0.39, 0.29) is 0 Å². The molecule has 0 aliphatic rings. The number of benzene rings is 6. The van der Waals surface area contributed by atoms with Gasteiger partial charge >= 0.3 is 0 Å². The molecule has 0 saturated carbocycles. The first-order valence-electron chi connectivity index (χ1n) is 10.5. The van der Waals surface area contributed by atoms with Gasteiger partial charge in [0, 0.05) is 4.70 Å². The summed E-state index contributed by atoms with van der Waals surface area (Å²) >= 11 is 1.79. The summed E-state index contributed by atoms with van der Waals surface area (Å²) in [5.74, 6) is 0. The Morgan fingerprint density at radius 2 is 0.677 bits per heavy atom. The Labute approximate surface area is 185 Å². The smallest absolute Gasteiger partial charge is 0.0342 e. The molecule has 0 radical (unpaired) electrons. The van der Waals surface area contributed by atoms with E-state index in [4.69, 9.17) is 0 Å². The Morgan fingerprint density at radius 3 is 1.10 bits per heavy atom. The largest absolute Gasteiger partial charge is 0.144 e. The maximum Gasteiger partial charge on any atom is 0.0342 e. The number of fused-ring (bicyclic) bond motifs is 5. The van der Waals surface area contributed by atoms with E-state index >= 15 is 0 Å². The van der Waals surface area contributed by atoms with Crippen LogP contribution < -0.4 is 0 Å². The zero-order valence-corrected chi connectivity index (χ0v) is 17.8. The van der Waals surface area contributed by atoms with E-state index in [1.807, 2.05) is 0 Å². The number of thiophene rings is 1. The van der Waals surface area contributed by atoms with E-state index in [1.54, 1.807) is 11.3 Å². The second kappa shape index (κ2) is 7.54. The zero-order valence-electron chi connectivity index (χ0n) is 17.0. The third kappa shape index (κ3) is 3.43. The summed E-state index contributed by atoms with van der Waals surface area (Å²) in [6.07, 6.45) is 0. The Balaban J connectivity index is 0.000000172. The van der Waals surface area contributed by atoms with Crippen molar-refractivity contribution in [2.75, 3.05) is 0 Å². The fourth-order valence-electron chi connectivity index (χ4n) is 4.29. The SMILES string of the molecule is c1ccc2cc3cc4cc5ccccc5cc4cc3cc2c1.c1ccc2sccc2c1. The summed E-state index contributed by atoms with van der Waals surface area (Å²) in [6.45, 7) is 0. The van der Waals surface area contributed by atoms with Gasteiger partial charge in [-0.05, 0) is 102 Å². The van der Waals surface area contributed by atoms with Crippen LogP contribution in [0.1, 0.15) is 0 Å². The van der Waals surface area contributed by atoms with Crippen molar-refractivity contribution in [2.24, 2.45) is 0 Å². The first kappa shape index (κ1) is 18.1. The van der Waals surface area contributed by atoms with E-state index in [0.717, 1.165) is 0 Å². The molecular weight excluding hydrogens is 392 g/mol. The van der Waals surface area contributed by atoms with Gasteiger partial charge in [0.25, 0.3) is 0 Å². The standard InChI is InChI=1S/C22H14.C8H6S/c1-2-6-16-10-20-14-22-12-18-8-4-3-7-17(18)11-21(22)13-19(20)9-15(16)5-1;1-2-4-8-7(3-1)5-6-9-8/h1-14H;1-6H. The molecule has 31 heavy (non-hydrogen) atoms. The highest BCUT2D eigenvalue weighted by molar-refractivity contribution is 7.17. The first-order valence-corrected chi connectivity index (χ1v) is 11.4. The second-order valence-corrected chi connectivity index (χ2v) is 8.85. The van der Waals surface area contributed by atoms with E-state index in [2.05, 4.69) is 121 Å². The molecule has 0 fully saturated rings. The number of rotatable bonds is 0. The molecular formula is C30H20S. The molecule has 0 bridgehead atoms. The van der Waals surface area contributed by atoms with Crippen molar-refractivity contribution < 1.29 is 0 Å². The van der Waals surface area contributed by atoms with Crippen LogP contribution in [-0.4, -0.2) is 0 Å². The van der Waals surface area contributed by atoms with Gasteiger partial charge in [-0.2, -0.15) is 0 Å². The molecule has 6 aromatic carbocycles. The molecule has 0 N–H and O–H groups in total. The third-order valence-electron chi connectivity index (χ3n) is 5.89. The van der Waals surface area contributed by atoms with Crippen molar-refractivity contribution in [1.29, 1.82) is 0 Å². The van der Waals surface area contributed by atoms with Gasteiger partial charge in [0.05, 0.1) is 0 Å². The second-order valence-electron chi connectivity index (χ2n) is 7.90. The van der Waals surface area contributed by atoms with E-state index in [0.29, 0.717) is 0 Å². The van der Waals surface area contributed by atoms with Crippen molar-refractivity contribution in [2.45, 2.75) is 0 Å². The van der Waals surface area contributed by atoms with Gasteiger partial charge in [-0.15, -0.1) is 11.3 Å². The van der Waals surface area contributed by atoms with Crippen molar-refractivity contribution >= 4 is 64.5 Å². The topological polar surface area (TPSA) is 0 Å². The van der Waals surface area contributed by atoms with Gasteiger partial charge in [0.1, 0.15) is 0 Å². The van der Waals surface area contributed by atoms with Crippen LogP contribution in [0.15, 0.2) is 121 Å². The lowest BCUT2D eigenvalue weighted by molar-refractivity contribution is 1.78. The number of hydrogen-bond acceptors (Lipinski definition) is 1. The average molecular weight is 413 g/mol. The van der Waals surface area contributed by atoms with Crippen molar-refractivity contribution in [1.82, 2.24) is 0 Å². The zero-order chi connectivity index (χ0) is 20.6. The van der Waals surface area contributed by atoms with Crippen LogP contribution in [0.5, 0.6) is 0 Å². The van der Waals surface area contributed by atoms with Crippen LogP contribution in [0.4, 0.5) is 0 Å². The molecule has 146 valence electrons. The summed E-state index contributed by atoms with van der Waals surface area (Å²) < 4.78 is 1.37. The minimum Gasteiger partial charge on any atom is -0.144 e. The lowest BCUT2D eigenvalue weighted by Crippen LogP contribution is -1.80. The van der Waals surface area contributed by atoms with Crippen LogP contribution in [0.3, 0.4) is 0 Å². The molecule has 1 heterocycles. The van der Waals surface area contributed by atoms with Crippen LogP contribution >= 0.6 is 11.3 Å². The Kier molecular flexibility index (Phi) is 4.40. The summed E-state index contributed by atoms with van der Waals surface area (Å²) in [4.78, 5) is 0. The lowest BCUT2D eigenvalue weighted by Gasteiger charge is -2.07.